The quantitative estimate of drug-likeness (QED) is 0.574. The molecule has 4 unspecified atom stereocenters. The Hall–Kier alpha value is -1.77. The van der Waals surface area contributed by atoms with Gasteiger partial charge in [0.1, 0.15) is 0 Å². The molecule has 2 heterocycles. The van der Waals surface area contributed by atoms with Crippen molar-refractivity contribution in [2.75, 3.05) is 20.1 Å². The maximum absolute atomic E-state index is 13.6. The Balaban J connectivity index is 1.74. The van der Waals surface area contributed by atoms with Gasteiger partial charge in [-0.3, -0.25) is 4.79 Å². The summed E-state index contributed by atoms with van der Waals surface area (Å²) in [5.41, 5.74) is 6.52. The van der Waals surface area contributed by atoms with Crippen molar-refractivity contribution in [3.63, 3.8) is 0 Å². The highest BCUT2D eigenvalue weighted by molar-refractivity contribution is 8.04. The van der Waals surface area contributed by atoms with Crippen LogP contribution in [0, 0.1) is 28.9 Å². The summed E-state index contributed by atoms with van der Waals surface area (Å²) in [4.78, 5) is 15.5. The Labute approximate surface area is 181 Å². The zero-order valence-corrected chi connectivity index (χ0v) is 18.2. The molecule has 1 aromatic rings. The number of benzene rings is 1. The molecular weight excluding hydrogens is 406 g/mol. The van der Waals surface area contributed by atoms with Gasteiger partial charge in [-0.25, -0.2) is 8.78 Å². The summed E-state index contributed by atoms with van der Waals surface area (Å²) in [6.07, 6.45) is 5.95. The topological polar surface area (TPSA) is 82.2 Å². The zero-order chi connectivity index (χ0) is 21.8. The highest BCUT2D eigenvalue weighted by Gasteiger charge is 2.40. The van der Waals surface area contributed by atoms with Crippen LogP contribution in [-0.4, -0.2) is 54.5 Å². The number of carbonyl (C=O) groups is 1. The third kappa shape index (κ3) is 4.92. The van der Waals surface area contributed by atoms with Crippen LogP contribution < -0.4 is 11.1 Å². The number of carbonyl (C=O) groups excluding carboxylic acids is 1. The summed E-state index contributed by atoms with van der Waals surface area (Å²) in [5.74, 6) is -1.59. The SMILES string of the molecule is CC(C=N)C1NCCCC2SC(C(=O)N(C)[C@H](CN)Cc3ccc(F)c(F)c3)=CC21. The first kappa shape index (κ1) is 22.9. The van der Waals surface area contributed by atoms with Crippen molar-refractivity contribution in [3.05, 3.63) is 46.4 Å². The highest BCUT2D eigenvalue weighted by atomic mass is 32.2. The number of nitrogens with one attached hydrogen (secondary N) is 2. The van der Waals surface area contributed by atoms with E-state index in [2.05, 4.69) is 11.4 Å². The predicted octanol–water partition coefficient (Wildman–Crippen LogP) is 2.95. The molecule has 0 aromatic heterocycles. The Morgan fingerprint density at radius 2 is 2.20 bits per heavy atom. The summed E-state index contributed by atoms with van der Waals surface area (Å²) >= 11 is 1.62. The third-order valence-electron chi connectivity index (χ3n) is 6.15. The molecule has 1 amide bonds. The van der Waals surface area contributed by atoms with Crippen molar-refractivity contribution in [2.45, 2.75) is 43.5 Å². The monoisotopic (exact) mass is 436 g/mol. The number of hydrogen-bond donors (Lipinski definition) is 3. The number of rotatable bonds is 7. The number of amides is 1. The molecule has 5 nitrogen and oxygen atoms in total. The van der Waals surface area contributed by atoms with Crippen LogP contribution in [0.3, 0.4) is 0 Å². The fraction of sp³-hybridized carbons (Fsp3) is 0.545. The summed E-state index contributed by atoms with van der Waals surface area (Å²) in [6.45, 7) is 3.18. The molecule has 164 valence electrons. The van der Waals surface area contributed by atoms with Crippen LogP contribution in [0.15, 0.2) is 29.2 Å². The molecule has 8 heteroatoms. The molecule has 3 rings (SSSR count). The van der Waals surface area contributed by atoms with E-state index in [1.807, 2.05) is 6.92 Å². The van der Waals surface area contributed by atoms with E-state index in [-0.39, 0.29) is 36.4 Å². The van der Waals surface area contributed by atoms with Crippen LogP contribution in [0.4, 0.5) is 8.78 Å². The van der Waals surface area contributed by atoms with Gasteiger partial charge in [0.05, 0.1) is 4.91 Å². The lowest BCUT2D eigenvalue weighted by Crippen LogP contribution is -2.43. The summed E-state index contributed by atoms with van der Waals surface area (Å²) in [5, 5.41) is 11.5. The molecule has 2 aliphatic rings. The van der Waals surface area contributed by atoms with Crippen LogP contribution in [0.1, 0.15) is 25.3 Å². The first-order valence-corrected chi connectivity index (χ1v) is 11.3. The van der Waals surface area contributed by atoms with Gasteiger partial charge >= 0.3 is 0 Å². The molecule has 0 bridgehead atoms. The van der Waals surface area contributed by atoms with Gasteiger partial charge in [0.25, 0.3) is 5.91 Å². The molecule has 1 fully saturated rings. The second-order valence-corrected chi connectivity index (χ2v) is 9.45. The maximum atomic E-state index is 13.6. The minimum absolute atomic E-state index is 0.0878. The van der Waals surface area contributed by atoms with Crippen LogP contribution in [0.25, 0.3) is 0 Å². The number of thioether (sulfide) groups is 1. The predicted molar refractivity (Wildman–Crippen MR) is 118 cm³/mol. The fourth-order valence-electron chi connectivity index (χ4n) is 4.28. The van der Waals surface area contributed by atoms with E-state index in [1.54, 1.807) is 23.7 Å². The van der Waals surface area contributed by atoms with Crippen LogP contribution >= 0.6 is 11.8 Å². The molecule has 4 N–H and O–H groups in total. The number of hydrogen-bond acceptors (Lipinski definition) is 5. The largest absolute Gasteiger partial charge is 0.337 e. The molecule has 0 radical (unpaired) electrons. The Morgan fingerprint density at radius 3 is 2.87 bits per heavy atom. The number of nitrogens with two attached hydrogens (primary N) is 1. The number of halogens is 2. The van der Waals surface area contributed by atoms with Gasteiger partial charge in [-0.05, 0) is 49.7 Å². The van der Waals surface area contributed by atoms with Crippen molar-refractivity contribution in [1.29, 1.82) is 5.41 Å². The minimum atomic E-state index is -0.898. The van der Waals surface area contributed by atoms with Crippen LogP contribution in [-0.2, 0) is 11.2 Å². The van der Waals surface area contributed by atoms with Gasteiger partial charge in [0.2, 0.25) is 0 Å². The molecule has 0 saturated carbocycles. The summed E-state index contributed by atoms with van der Waals surface area (Å²) in [7, 11) is 1.71. The number of fused-ring (bicyclic) bond motifs is 1. The molecule has 0 spiro atoms. The lowest BCUT2D eigenvalue weighted by molar-refractivity contribution is -0.126. The Bertz CT molecular complexity index is 818. The van der Waals surface area contributed by atoms with Gasteiger partial charge in [-0.1, -0.05) is 19.1 Å². The Morgan fingerprint density at radius 1 is 1.43 bits per heavy atom. The van der Waals surface area contributed by atoms with E-state index < -0.39 is 11.6 Å². The van der Waals surface area contributed by atoms with E-state index in [0.717, 1.165) is 31.5 Å². The van der Waals surface area contributed by atoms with Gasteiger partial charge < -0.3 is 21.4 Å². The van der Waals surface area contributed by atoms with Gasteiger partial charge in [0.15, 0.2) is 11.6 Å². The molecule has 1 aromatic carbocycles. The fourth-order valence-corrected chi connectivity index (χ4v) is 5.77. The minimum Gasteiger partial charge on any atom is -0.337 e. The van der Waals surface area contributed by atoms with Crippen molar-refractivity contribution in [1.82, 2.24) is 10.2 Å². The standard InChI is InChI=1S/C22H30F2N4OS/c1-13(11-25)21-16-10-20(30-19(16)4-3-7-27-21)22(29)28(2)15(12-26)8-14-5-6-17(23)18(24)9-14/h5-6,9-11,13,15-16,19,21,25,27H,3-4,7-8,12,26H2,1-2H3/t13?,15-,16?,19?,21?/m0/s1. The number of likely N-dealkylation sites (N-methyl/N-ethyl adjacent to an activating group) is 1. The maximum Gasteiger partial charge on any atom is 0.260 e. The highest BCUT2D eigenvalue weighted by Crippen LogP contribution is 2.43. The lowest BCUT2D eigenvalue weighted by Gasteiger charge is -2.28. The smallest absolute Gasteiger partial charge is 0.260 e. The first-order valence-electron chi connectivity index (χ1n) is 10.4. The van der Waals surface area contributed by atoms with Crippen LogP contribution in [0.2, 0.25) is 0 Å². The van der Waals surface area contributed by atoms with Gasteiger partial charge in [0, 0.05) is 42.8 Å². The normalized spacial score (nSPS) is 25.6. The zero-order valence-electron chi connectivity index (χ0n) is 17.4. The summed E-state index contributed by atoms with van der Waals surface area (Å²) < 4.78 is 26.8. The second-order valence-electron chi connectivity index (χ2n) is 8.17. The van der Waals surface area contributed by atoms with Gasteiger partial charge in [-0.15, -0.1) is 11.8 Å². The van der Waals surface area contributed by atoms with Crippen LogP contribution in [0.5, 0.6) is 0 Å². The number of nitrogens with zero attached hydrogens (tertiary/aromatic N) is 1. The molecular formula is C22H30F2N4OS. The van der Waals surface area contributed by atoms with Crippen molar-refractivity contribution < 1.29 is 13.6 Å². The first-order chi connectivity index (χ1) is 14.3. The van der Waals surface area contributed by atoms with E-state index in [9.17, 15) is 13.6 Å². The van der Waals surface area contributed by atoms with Crippen molar-refractivity contribution >= 4 is 23.9 Å². The van der Waals surface area contributed by atoms with Crippen molar-refractivity contribution in [3.8, 4) is 0 Å². The average Bonchev–Trinajstić information content (AvgIpc) is 3.06. The van der Waals surface area contributed by atoms with Crippen molar-refractivity contribution in [2.24, 2.45) is 17.6 Å². The van der Waals surface area contributed by atoms with E-state index in [1.165, 1.54) is 12.3 Å². The summed E-state index contributed by atoms with van der Waals surface area (Å²) in [6, 6.07) is 3.61. The average molecular weight is 437 g/mol. The second kappa shape index (κ2) is 10.0. The lowest BCUT2D eigenvalue weighted by atomic mass is 9.87. The van der Waals surface area contributed by atoms with Gasteiger partial charge in [-0.2, -0.15) is 0 Å². The molecule has 30 heavy (non-hydrogen) atoms. The Kier molecular flexibility index (Phi) is 7.65. The van der Waals surface area contributed by atoms with E-state index in [4.69, 9.17) is 11.1 Å². The van der Waals surface area contributed by atoms with E-state index in [0.29, 0.717) is 22.1 Å². The molecule has 5 atom stereocenters. The molecule has 0 aliphatic carbocycles. The third-order valence-corrected chi connectivity index (χ3v) is 7.56. The molecule has 2 aliphatic heterocycles. The van der Waals surface area contributed by atoms with E-state index >= 15 is 0 Å². The molecule has 1 saturated heterocycles.